The molecule has 2 fully saturated rings. The molecule has 85 heavy (non-hydrogen) atoms. The fourth-order valence-corrected chi connectivity index (χ4v) is 8.29. The highest BCUT2D eigenvalue weighted by molar-refractivity contribution is 6.29. The fourth-order valence-electron chi connectivity index (χ4n) is 8.07. The number of halogens is 7. The van der Waals surface area contributed by atoms with E-state index in [1.165, 1.54) is 24.8 Å². The first-order chi connectivity index (χ1) is 39.2. The van der Waals surface area contributed by atoms with Crippen LogP contribution in [0, 0.1) is 0 Å². The molecule has 462 valence electrons. The summed E-state index contributed by atoms with van der Waals surface area (Å²) in [5.74, 6) is -0.124. The minimum Gasteiger partial charge on any atom is -0.443 e. The first-order valence-corrected chi connectivity index (χ1v) is 26.8. The van der Waals surface area contributed by atoms with Crippen LogP contribution in [-0.4, -0.2) is 170 Å². The quantitative estimate of drug-likeness (QED) is 0.0778. The Morgan fingerprint density at radius 1 is 0.541 bits per heavy atom. The molecule has 0 bridgehead atoms. The molecule has 0 aromatic carbocycles. The highest BCUT2D eigenvalue weighted by Crippen LogP contribution is 2.35. The first kappa shape index (κ1) is 64.7. The van der Waals surface area contributed by atoms with E-state index in [2.05, 4.69) is 49.8 Å². The van der Waals surface area contributed by atoms with Gasteiger partial charge in [0.15, 0.2) is 45.6 Å². The standard InChI is InChI=1S/C26H32ClF3N8O5.C26H33F3N8O5/c1-14-12-41-9-8-36(14)18-16-19(37(20(27)33-16)13-26(28,29)30)35-17(34-18)15-10-31-21(32-11-15)38(22(39)42-24(2,3)4)23(40)43-25(5,6)7;1-15-12-40-9-8-36(15)20-17-19(35(14-32-17)13-26(27,28)29)33-18(34-20)16-10-30-21(31-11-16)37(22(38)41-24(2,3)4)23(39)42-25(5,6)7/h10-11,14H,8-9,12-13H2,1-7H3;10-11,14-15H,8-9,12-13H2,1-7H3/t14-;15-/m00/s1. The Balaban J connectivity index is 0.000000244. The topological polar surface area (TPSA) is 275 Å². The van der Waals surface area contributed by atoms with Crippen molar-refractivity contribution in [2.24, 2.45) is 0 Å². The van der Waals surface area contributed by atoms with Crippen LogP contribution in [0.2, 0.25) is 5.28 Å². The molecule has 2 saturated heterocycles. The van der Waals surface area contributed by atoms with Gasteiger partial charge in [0.1, 0.15) is 35.5 Å². The van der Waals surface area contributed by atoms with Crippen LogP contribution in [0.25, 0.3) is 45.1 Å². The lowest BCUT2D eigenvalue weighted by atomic mass is 10.2. The SMILES string of the molecule is C[C@H]1COCCN1c1nc(-c2cnc(N(C(=O)OC(C)(C)C)C(=O)OC(C)(C)C)nc2)nc2c1nc(Cl)n2CC(F)(F)F.C[C@H]1COCCN1c1nc(-c2cnc(N(C(=O)OC(C)(C)C)C(=O)OC(C)(C)C)nc2)nc2c1ncn2CC(F)(F)F. The third-order valence-corrected chi connectivity index (χ3v) is 11.7. The highest BCUT2D eigenvalue weighted by atomic mass is 35.5. The van der Waals surface area contributed by atoms with Crippen LogP contribution in [0.4, 0.5) is 69.1 Å². The molecule has 4 amide bonds. The van der Waals surface area contributed by atoms with Crippen molar-refractivity contribution < 1.29 is 73.9 Å². The summed E-state index contributed by atoms with van der Waals surface area (Å²) in [5, 5.41) is -0.405. The normalized spacial score (nSPS) is 16.4. The third kappa shape index (κ3) is 16.9. The van der Waals surface area contributed by atoms with Gasteiger partial charge in [-0.2, -0.15) is 26.3 Å². The zero-order valence-corrected chi connectivity index (χ0v) is 49.8. The van der Waals surface area contributed by atoms with E-state index in [9.17, 15) is 45.5 Å². The van der Waals surface area contributed by atoms with Crippen molar-refractivity contribution in [2.75, 3.05) is 59.1 Å². The van der Waals surface area contributed by atoms with E-state index in [0.717, 1.165) is 15.5 Å². The van der Waals surface area contributed by atoms with E-state index in [1.807, 2.05) is 23.6 Å². The van der Waals surface area contributed by atoms with Gasteiger partial charge in [0.05, 0.1) is 56.0 Å². The van der Waals surface area contributed by atoms with Gasteiger partial charge in [-0.3, -0.25) is 4.57 Å². The summed E-state index contributed by atoms with van der Waals surface area (Å²) in [6, 6.07) is -0.312. The van der Waals surface area contributed by atoms with Gasteiger partial charge < -0.3 is 42.8 Å². The molecule has 8 heterocycles. The molecule has 0 saturated carbocycles. The molecule has 8 rings (SSSR count). The number of fused-ring (bicyclic) bond motifs is 2. The average Bonchev–Trinajstić information content (AvgIpc) is 2.30. The summed E-state index contributed by atoms with van der Waals surface area (Å²) in [4.78, 5) is 99.6. The second-order valence-electron chi connectivity index (χ2n) is 23.5. The van der Waals surface area contributed by atoms with Crippen molar-refractivity contribution in [3.63, 3.8) is 0 Å². The molecule has 0 unspecified atom stereocenters. The summed E-state index contributed by atoms with van der Waals surface area (Å²) in [6.07, 6.45) is -7.33. The van der Waals surface area contributed by atoms with Crippen molar-refractivity contribution in [1.29, 1.82) is 0 Å². The van der Waals surface area contributed by atoms with Crippen molar-refractivity contribution in [3.8, 4) is 22.8 Å². The minimum absolute atomic E-state index is 0.0211. The van der Waals surface area contributed by atoms with E-state index >= 15 is 0 Å². The maximum atomic E-state index is 13.4. The van der Waals surface area contributed by atoms with Gasteiger partial charge in [0.2, 0.25) is 17.2 Å². The number of imide groups is 2. The van der Waals surface area contributed by atoms with E-state index in [0.29, 0.717) is 55.1 Å². The lowest BCUT2D eigenvalue weighted by Crippen LogP contribution is -2.44. The van der Waals surface area contributed by atoms with E-state index in [-0.39, 0.29) is 74.9 Å². The Morgan fingerprint density at radius 2 is 0.906 bits per heavy atom. The van der Waals surface area contributed by atoms with Crippen LogP contribution in [0.3, 0.4) is 0 Å². The molecule has 0 N–H and O–H groups in total. The number of amides is 4. The number of ether oxygens (including phenoxy) is 6. The van der Waals surface area contributed by atoms with Crippen molar-refractivity contribution in [1.82, 2.24) is 59.0 Å². The average molecular weight is 1220 g/mol. The number of rotatable bonds is 8. The Morgan fingerprint density at radius 3 is 1.26 bits per heavy atom. The van der Waals surface area contributed by atoms with Gasteiger partial charge in [0.25, 0.3) is 0 Å². The highest BCUT2D eigenvalue weighted by Gasteiger charge is 2.39. The minimum atomic E-state index is -4.60. The van der Waals surface area contributed by atoms with Crippen LogP contribution < -0.4 is 19.6 Å². The van der Waals surface area contributed by atoms with Gasteiger partial charge in [-0.25, -0.2) is 69.0 Å². The van der Waals surface area contributed by atoms with E-state index in [4.69, 9.17) is 40.0 Å². The molecule has 0 radical (unpaired) electrons. The van der Waals surface area contributed by atoms with Crippen LogP contribution in [-0.2, 0) is 41.5 Å². The number of aromatic nitrogens is 12. The number of anilines is 4. The number of carbonyl (C=O) groups excluding carboxylic acids is 4. The molecule has 6 aromatic heterocycles. The Labute approximate surface area is 488 Å². The van der Waals surface area contributed by atoms with Crippen molar-refractivity contribution >= 4 is 81.8 Å². The molecular weight excluding hydrogens is 1160 g/mol. The third-order valence-electron chi connectivity index (χ3n) is 11.4. The molecule has 0 spiro atoms. The smallest absolute Gasteiger partial charge is 0.427 e. The number of alkyl halides is 6. The maximum absolute atomic E-state index is 13.4. The van der Waals surface area contributed by atoms with Crippen LogP contribution >= 0.6 is 11.6 Å². The predicted molar refractivity (Wildman–Crippen MR) is 295 cm³/mol. The van der Waals surface area contributed by atoms with Gasteiger partial charge >= 0.3 is 36.7 Å². The molecule has 26 nitrogen and oxygen atoms in total. The Hall–Kier alpha value is -7.87. The molecule has 6 aromatic rings. The monoisotopic (exact) mass is 1220 g/mol. The van der Waals surface area contributed by atoms with Gasteiger partial charge in [-0.15, -0.1) is 9.80 Å². The number of morpholine rings is 2. The second kappa shape index (κ2) is 24.6. The molecule has 33 heteroatoms. The molecule has 0 aliphatic carbocycles. The Bertz CT molecular complexity index is 3340. The van der Waals surface area contributed by atoms with Gasteiger partial charge in [0, 0.05) is 37.9 Å². The summed E-state index contributed by atoms with van der Waals surface area (Å²) in [5.41, 5.74) is -3.26. The van der Waals surface area contributed by atoms with E-state index < -0.39 is 77.5 Å². The summed E-state index contributed by atoms with van der Waals surface area (Å²) in [7, 11) is 0. The number of imidazole rings is 2. The first-order valence-electron chi connectivity index (χ1n) is 26.4. The van der Waals surface area contributed by atoms with Crippen LogP contribution in [0.1, 0.15) is 96.9 Å². The predicted octanol–water partition coefficient (Wildman–Crippen LogP) is 10.1. The molecule has 2 atom stereocenters. The molecule has 2 aliphatic heterocycles. The van der Waals surface area contributed by atoms with Crippen molar-refractivity contribution in [2.45, 2.75) is 157 Å². The summed E-state index contributed by atoms with van der Waals surface area (Å²) in [6.45, 7) is 22.9. The zero-order chi connectivity index (χ0) is 62.9. The lowest BCUT2D eigenvalue weighted by molar-refractivity contribution is -0.140. The maximum Gasteiger partial charge on any atom is 0.427 e. The molecule has 2 aliphatic rings. The lowest BCUT2D eigenvalue weighted by Gasteiger charge is -2.34. The van der Waals surface area contributed by atoms with Crippen molar-refractivity contribution in [3.05, 3.63) is 36.4 Å². The summed E-state index contributed by atoms with van der Waals surface area (Å²) < 4.78 is 114. The van der Waals surface area contributed by atoms with Crippen LogP contribution in [0.15, 0.2) is 31.1 Å². The van der Waals surface area contributed by atoms with Gasteiger partial charge in [-0.05, 0) is 109 Å². The zero-order valence-electron chi connectivity index (χ0n) is 49.1. The number of hydrogen-bond acceptors (Lipinski definition) is 22. The van der Waals surface area contributed by atoms with Gasteiger partial charge in [-0.1, -0.05) is 0 Å². The molecular formula is C52H65ClF6N16O10. The number of carbonyl (C=O) groups is 4. The van der Waals surface area contributed by atoms with E-state index in [1.54, 1.807) is 83.1 Å². The summed E-state index contributed by atoms with van der Waals surface area (Å²) >= 11 is 6.15. The number of hydrogen-bond donors (Lipinski definition) is 0. The second-order valence-corrected chi connectivity index (χ2v) is 23.9. The van der Waals surface area contributed by atoms with Crippen LogP contribution in [0.5, 0.6) is 0 Å². The number of nitrogens with zero attached hydrogens (tertiary/aromatic N) is 16. The Kier molecular flexibility index (Phi) is 18.7. The fraction of sp³-hybridized carbons (Fsp3) is 0.577. The largest absolute Gasteiger partial charge is 0.443 e.